The van der Waals surface area contributed by atoms with E-state index >= 15 is 0 Å². The number of hydrogen-bond donors (Lipinski definition) is 2. The van der Waals surface area contributed by atoms with Crippen LogP contribution in [0.25, 0.3) is 0 Å². The molecule has 4 nitrogen and oxygen atoms in total. The monoisotopic (exact) mass is 127 g/mol. The highest BCUT2D eigenvalue weighted by Gasteiger charge is 1.97. The molecule has 9 heavy (non-hydrogen) atoms. The minimum Gasteiger partial charge on any atom is -0.390 e. The Hall–Kier alpha value is -1.03. The van der Waals surface area contributed by atoms with Crippen LogP contribution in [0, 0.1) is 0 Å². The molecule has 0 spiro atoms. The van der Waals surface area contributed by atoms with Crippen molar-refractivity contribution >= 4 is 5.82 Å². The molecule has 0 radical (unpaired) electrons. The van der Waals surface area contributed by atoms with E-state index in [1.165, 1.54) is 0 Å². The molecule has 0 unspecified atom stereocenters. The van der Waals surface area contributed by atoms with Crippen LogP contribution >= 0.6 is 0 Å². The maximum Gasteiger partial charge on any atom is 0.145 e. The molecule has 1 aromatic heterocycles. The first-order chi connectivity index (χ1) is 4.24. The van der Waals surface area contributed by atoms with E-state index in [0.29, 0.717) is 5.82 Å². The lowest BCUT2D eigenvalue weighted by atomic mass is 10.4. The normalized spacial score (nSPS) is 10.0. The van der Waals surface area contributed by atoms with Crippen LogP contribution < -0.4 is 5.73 Å². The van der Waals surface area contributed by atoms with Gasteiger partial charge in [0.05, 0.1) is 12.3 Å². The largest absolute Gasteiger partial charge is 0.390 e. The molecule has 0 aliphatic heterocycles. The molecular formula is C5H9N3O. The highest BCUT2D eigenvalue weighted by atomic mass is 16.3. The van der Waals surface area contributed by atoms with Gasteiger partial charge in [-0.1, -0.05) is 0 Å². The highest BCUT2D eigenvalue weighted by Crippen LogP contribution is 2.02. The third-order valence-corrected chi connectivity index (χ3v) is 1.16. The summed E-state index contributed by atoms with van der Waals surface area (Å²) in [5, 5.41) is 12.4. The van der Waals surface area contributed by atoms with Crippen LogP contribution in [0.2, 0.25) is 0 Å². The minimum atomic E-state index is -0.0132. The summed E-state index contributed by atoms with van der Waals surface area (Å²) < 4.78 is 1.55. The Bertz CT molecular complexity index is 206. The molecule has 0 aromatic carbocycles. The summed E-state index contributed by atoms with van der Waals surface area (Å²) in [5.41, 5.74) is 6.04. The van der Waals surface area contributed by atoms with Crippen molar-refractivity contribution in [1.29, 1.82) is 0 Å². The van der Waals surface area contributed by atoms with E-state index < -0.39 is 0 Å². The second-order valence-electron chi connectivity index (χ2n) is 1.84. The van der Waals surface area contributed by atoms with Crippen LogP contribution in [0.4, 0.5) is 5.82 Å². The second kappa shape index (κ2) is 2.06. The first-order valence-corrected chi connectivity index (χ1v) is 2.63. The Kier molecular flexibility index (Phi) is 1.40. The molecule has 0 saturated carbocycles. The van der Waals surface area contributed by atoms with Crippen molar-refractivity contribution in [3.05, 3.63) is 11.8 Å². The molecule has 0 atom stereocenters. The van der Waals surface area contributed by atoms with Crippen molar-refractivity contribution < 1.29 is 5.11 Å². The Morgan fingerprint density at radius 2 is 2.56 bits per heavy atom. The van der Waals surface area contributed by atoms with Gasteiger partial charge in [-0.2, -0.15) is 5.10 Å². The van der Waals surface area contributed by atoms with Gasteiger partial charge in [-0.25, -0.2) is 0 Å². The van der Waals surface area contributed by atoms with Gasteiger partial charge in [-0.05, 0) is 0 Å². The topological polar surface area (TPSA) is 64.1 Å². The van der Waals surface area contributed by atoms with Crippen molar-refractivity contribution in [2.75, 3.05) is 5.73 Å². The quantitative estimate of drug-likeness (QED) is 0.534. The molecule has 0 bridgehead atoms. The smallest absolute Gasteiger partial charge is 0.145 e. The zero-order valence-electron chi connectivity index (χ0n) is 5.20. The Morgan fingerprint density at radius 3 is 2.78 bits per heavy atom. The van der Waals surface area contributed by atoms with Crippen LogP contribution in [0.3, 0.4) is 0 Å². The molecule has 3 N–H and O–H groups in total. The van der Waals surface area contributed by atoms with Crippen LogP contribution in [-0.4, -0.2) is 14.9 Å². The average Bonchev–Trinajstić information content (AvgIpc) is 2.10. The van der Waals surface area contributed by atoms with Crippen LogP contribution in [0.5, 0.6) is 0 Å². The number of nitrogens with zero attached hydrogens (tertiary/aromatic N) is 2. The zero-order valence-corrected chi connectivity index (χ0v) is 5.20. The summed E-state index contributed by atoms with van der Waals surface area (Å²) in [6.07, 6.45) is 0. The fraction of sp³-hybridized carbons (Fsp3) is 0.400. The van der Waals surface area contributed by atoms with E-state index in [0.717, 1.165) is 5.69 Å². The molecule has 0 aliphatic carbocycles. The number of hydrogen-bond acceptors (Lipinski definition) is 3. The van der Waals surface area contributed by atoms with E-state index in [1.54, 1.807) is 17.8 Å². The zero-order chi connectivity index (χ0) is 6.85. The number of nitrogen functional groups attached to an aromatic ring is 1. The van der Waals surface area contributed by atoms with E-state index in [4.69, 9.17) is 10.8 Å². The van der Waals surface area contributed by atoms with Crippen molar-refractivity contribution in [1.82, 2.24) is 9.78 Å². The van der Waals surface area contributed by atoms with Crippen LogP contribution in [-0.2, 0) is 13.7 Å². The molecule has 0 fully saturated rings. The van der Waals surface area contributed by atoms with Crippen molar-refractivity contribution in [3.63, 3.8) is 0 Å². The first kappa shape index (κ1) is 6.10. The highest BCUT2D eigenvalue weighted by molar-refractivity contribution is 5.28. The predicted octanol–water partition coefficient (Wildman–Crippen LogP) is -0.505. The summed E-state index contributed by atoms with van der Waals surface area (Å²) in [6.45, 7) is -0.0132. The molecular weight excluding hydrogens is 118 g/mol. The molecule has 0 aliphatic rings. The van der Waals surface area contributed by atoms with Gasteiger partial charge >= 0.3 is 0 Å². The predicted molar refractivity (Wildman–Crippen MR) is 33.5 cm³/mol. The van der Waals surface area contributed by atoms with E-state index in [9.17, 15) is 0 Å². The fourth-order valence-electron chi connectivity index (χ4n) is 0.678. The maximum atomic E-state index is 8.62. The van der Waals surface area contributed by atoms with Crippen LogP contribution in [0.1, 0.15) is 5.69 Å². The van der Waals surface area contributed by atoms with Crippen molar-refractivity contribution in [2.24, 2.45) is 7.05 Å². The number of nitrogens with two attached hydrogens (primary N) is 1. The molecule has 0 amide bonds. The van der Waals surface area contributed by atoms with Gasteiger partial charge in [0.15, 0.2) is 0 Å². The number of aliphatic hydroxyl groups is 1. The summed E-state index contributed by atoms with van der Waals surface area (Å²) in [4.78, 5) is 0. The number of aromatic nitrogens is 2. The van der Waals surface area contributed by atoms with Gasteiger partial charge in [0, 0.05) is 13.1 Å². The molecule has 4 heteroatoms. The van der Waals surface area contributed by atoms with Gasteiger partial charge in [0.2, 0.25) is 0 Å². The summed E-state index contributed by atoms with van der Waals surface area (Å²) >= 11 is 0. The SMILES string of the molecule is Cn1nc(N)cc1CO. The molecule has 50 valence electrons. The lowest BCUT2D eigenvalue weighted by Crippen LogP contribution is -1.97. The second-order valence-corrected chi connectivity index (χ2v) is 1.84. The molecule has 1 aromatic rings. The van der Waals surface area contributed by atoms with Gasteiger partial charge in [-0.15, -0.1) is 0 Å². The molecule has 0 saturated heterocycles. The third-order valence-electron chi connectivity index (χ3n) is 1.16. The van der Waals surface area contributed by atoms with Crippen molar-refractivity contribution in [2.45, 2.75) is 6.61 Å². The number of aryl methyl sites for hydroxylation is 1. The fourth-order valence-corrected chi connectivity index (χ4v) is 0.678. The lowest BCUT2D eigenvalue weighted by molar-refractivity contribution is 0.270. The third kappa shape index (κ3) is 1.02. The first-order valence-electron chi connectivity index (χ1n) is 2.63. The standard InChI is InChI=1S/C5H9N3O/c1-8-4(3-9)2-5(6)7-8/h2,9H,3H2,1H3,(H2,6,7). The van der Waals surface area contributed by atoms with E-state index in [1.807, 2.05) is 0 Å². The number of rotatable bonds is 1. The molecule has 1 rings (SSSR count). The van der Waals surface area contributed by atoms with Crippen LogP contribution in [0.15, 0.2) is 6.07 Å². The van der Waals surface area contributed by atoms with Gasteiger partial charge in [0.25, 0.3) is 0 Å². The van der Waals surface area contributed by atoms with Gasteiger partial charge < -0.3 is 10.8 Å². The maximum absolute atomic E-state index is 8.62. The van der Waals surface area contributed by atoms with E-state index in [-0.39, 0.29) is 6.61 Å². The number of aliphatic hydroxyl groups excluding tert-OH is 1. The van der Waals surface area contributed by atoms with Crippen molar-refractivity contribution in [3.8, 4) is 0 Å². The Balaban J connectivity index is 3.01. The Labute approximate surface area is 52.9 Å². The van der Waals surface area contributed by atoms with Gasteiger partial charge in [0.1, 0.15) is 5.82 Å². The number of anilines is 1. The molecule has 1 heterocycles. The summed E-state index contributed by atoms with van der Waals surface area (Å²) in [5.74, 6) is 0.446. The minimum absolute atomic E-state index is 0.0132. The van der Waals surface area contributed by atoms with E-state index in [2.05, 4.69) is 5.10 Å². The Morgan fingerprint density at radius 1 is 1.89 bits per heavy atom. The summed E-state index contributed by atoms with van der Waals surface area (Å²) in [7, 11) is 1.74. The summed E-state index contributed by atoms with van der Waals surface area (Å²) in [6, 6.07) is 1.64. The lowest BCUT2D eigenvalue weighted by Gasteiger charge is -1.91. The average molecular weight is 127 g/mol. The van der Waals surface area contributed by atoms with Gasteiger partial charge in [-0.3, -0.25) is 4.68 Å².